The predicted octanol–water partition coefficient (Wildman–Crippen LogP) is 2.39. The normalized spacial score (nSPS) is 19.6. The molecule has 1 N–H and O–H groups in total. The van der Waals surface area contributed by atoms with E-state index in [9.17, 15) is 0 Å². The Morgan fingerprint density at radius 1 is 1.15 bits per heavy atom. The van der Waals surface area contributed by atoms with E-state index >= 15 is 0 Å². The number of nitrogens with one attached hydrogen (secondary N) is 1. The first kappa shape index (κ1) is 13.4. The Bertz CT molecular complexity index is 532. The Kier molecular flexibility index (Phi) is 4.19. The summed E-state index contributed by atoms with van der Waals surface area (Å²) in [6, 6.07) is 13.6. The van der Waals surface area contributed by atoms with E-state index in [1.54, 1.807) is 0 Å². The fourth-order valence-electron chi connectivity index (χ4n) is 2.91. The van der Waals surface area contributed by atoms with Crippen molar-refractivity contribution in [2.45, 2.75) is 25.6 Å². The van der Waals surface area contributed by atoms with E-state index in [-0.39, 0.29) is 0 Å². The van der Waals surface area contributed by atoms with Crippen LogP contribution in [0.2, 0.25) is 0 Å². The number of nitrogens with zero attached hydrogens (tertiary/aromatic N) is 2. The average molecular weight is 269 g/mol. The minimum atomic E-state index is 0.624. The van der Waals surface area contributed by atoms with Crippen LogP contribution in [-0.2, 0) is 20.1 Å². The highest BCUT2D eigenvalue weighted by Gasteiger charge is 2.21. The van der Waals surface area contributed by atoms with Crippen molar-refractivity contribution in [1.29, 1.82) is 0 Å². The summed E-state index contributed by atoms with van der Waals surface area (Å²) in [6.45, 7) is 4.40. The van der Waals surface area contributed by atoms with Crippen molar-refractivity contribution < 1.29 is 0 Å². The molecule has 20 heavy (non-hydrogen) atoms. The van der Waals surface area contributed by atoms with Crippen molar-refractivity contribution in [3.8, 4) is 0 Å². The molecule has 3 nitrogen and oxygen atoms in total. The van der Waals surface area contributed by atoms with Crippen molar-refractivity contribution in [3.05, 3.63) is 59.9 Å². The van der Waals surface area contributed by atoms with Crippen LogP contribution < -0.4 is 5.32 Å². The van der Waals surface area contributed by atoms with Crippen LogP contribution in [0.5, 0.6) is 0 Å². The first-order valence-corrected chi connectivity index (χ1v) is 7.40. The van der Waals surface area contributed by atoms with Gasteiger partial charge in [0.2, 0.25) is 0 Å². The SMILES string of the molecule is Cn1ccc(CNC2CCN(Cc3ccccc3)C2)c1. The molecule has 1 aliphatic rings. The maximum atomic E-state index is 3.67. The number of hydrogen-bond donors (Lipinski definition) is 1. The van der Waals surface area contributed by atoms with Crippen LogP contribution in [0, 0.1) is 0 Å². The van der Waals surface area contributed by atoms with E-state index in [0.29, 0.717) is 6.04 Å². The molecule has 2 aromatic rings. The zero-order chi connectivity index (χ0) is 13.8. The van der Waals surface area contributed by atoms with Gasteiger partial charge in [0.05, 0.1) is 0 Å². The topological polar surface area (TPSA) is 20.2 Å². The highest BCUT2D eigenvalue weighted by atomic mass is 15.2. The maximum absolute atomic E-state index is 3.67. The monoisotopic (exact) mass is 269 g/mol. The summed E-state index contributed by atoms with van der Waals surface area (Å²) < 4.78 is 2.10. The smallest absolute Gasteiger partial charge is 0.0234 e. The van der Waals surface area contributed by atoms with E-state index in [4.69, 9.17) is 0 Å². The molecule has 1 fully saturated rings. The molecule has 0 saturated carbocycles. The molecule has 0 spiro atoms. The Morgan fingerprint density at radius 2 is 2.00 bits per heavy atom. The molecule has 1 aromatic carbocycles. The number of aryl methyl sites for hydroxylation is 1. The van der Waals surface area contributed by atoms with Gasteiger partial charge < -0.3 is 9.88 Å². The maximum Gasteiger partial charge on any atom is 0.0234 e. The van der Waals surface area contributed by atoms with Crippen molar-refractivity contribution in [2.24, 2.45) is 7.05 Å². The summed E-state index contributed by atoms with van der Waals surface area (Å²) >= 11 is 0. The number of hydrogen-bond acceptors (Lipinski definition) is 2. The molecule has 2 heterocycles. The molecular formula is C17H23N3. The van der Waals surface area contributed by atoms with Gasteiger partial charge in [0, 0.05) is 51.7 Å². The van der Waals surface area contributed by atoms with Crippen LogP contribution in [0.4, 0.5) is 0 Å². The van der Waals surface area contributed by atoms with Gasteiger partial charge in [-0.25, -0.2) is 0 Å². The highest BCUT2D eigenvalue weighted by Crippen LogP contribution is 2.14. The molecule has 106 valence electrons. The first-order valence-electron chi connectivity index (χ1n) is 7.40. The quantitative estimate of drug-likeness (QED) is 0.899. The summed E-state index contributed by atoms with van der Waals surface area (Å²) in [5.74, 6) is 0. The number of benzene rings is 1. The Morgan fingerprint density at radius 3 is 2.75 bits per heavy atom. The molecule has 0 radical (unpaired) electrons. The third kappa shape index (κ3) is 3.50. The molecule has 1 aromatic heterocycles. The Balaban J connectivity index is 1.45. The number of likely N-dealkylation sites (tertiary alicyclic amines) is 1. The van der Waals surface area contributed by atoms with Crippen LogP contribution in [0.1, 0.15) is 17.5 Å². The minimum Gasteiger partial charge on any atom is -0.357 e. The molecular weight excluding hydrogens is 246 g/mol. The van der Waals surface area contributed by atoms with Crippen LogP contribution in [-0.4, -0.2) is 28.6 Å². The van der Waals surface area contributed by atoms with Gasteiger partial charge in [0.1, 0.15) is 0 Å². The third-order valence-electron chi connectivity index (χ3n) is 4.01. The summed E-state index contributed by atoms with van der Waals surface area (Å²) in [5, 5.41) is 3.67. The second-order valence-corrected chi connectivity index (χ2v) is 5.77. The summed E-state index contributed by atoms with van der Waals surface area (Å²) in [7, 11) is 2.07. The molecule has 0 aliphatic carbocycles. The zero-order valence-electron chi connectivity index (χ0n) is 12.1. The van der Waals surface area contributed by atoms with E-state index in [1.165, 1.54) is 24.1 Å². The third-order valence-corrected chi connectivity index (χ3v) is 4.01. The Labute approximate surface area is 121 Å². The second-order valence-electron chi connectivity index (χ2n) is 5.77. The van der Waals surface area contributed by atoms with Crippen molar-refractivity contribution in [2.75, 3.05) is 13.1 Å². The van der Waals surface area contributed by atoms with Crippen molar-refractivity contribution in [1.82, 2.24) is 14.8 Å². The fourth-order valence-corrected chi connectivity index (χ4v) is 2.91. The molecule has 0 amide bonds. The predicted molar refractivity (Wildman–Crippen MR) is 82.4 cm³/mol. The standard InChI is InChI=1S/C17H23N3/c1-19-9-7-16(12-19)11-18-17-8-10-20(14-17)13-15-5-3-2-4-6-15/h2-7,9,12,17-18H,8,10-11,13-14H2,1H3. The highest BCUT2D eigenvalue weighted by molar-refractivity contribution is 5.15. The van der Waals surface area contributed by atoms with Gasteiger partial charge in [-0.05, 0) is 23.6 Å². The van der Waals surface area contributed by atoms with E-state index < -0.39 is 0 Å². The minimum absolute atomic E-state index is 0.624. The molecule has 1 atom stereocenters. The van der Waals surface area contributed by atoms with E-state index in [1.807, 2.05) is 0 Å². The number of rotatable bonds is 5. The molecule has 3 rings (SSSR count). The van der Waals surface area contributed by atoms with Gasteiger partial charge >= 0.3 is 0 Å². The van der Waals surface area contributed by atoms with Crippen LogP contribution in [0.25, 0.3) is 0 Å². The zero-order valence-corrected chi connectivity index (χ0v) is 12.1. The lowest BCUT2D eigenvalue weighted by Crippen LogP contribution is -2.31. The molecule has 0 bridgehead atoms. The van der Waals surface area contributed by atoms with Gasteiger partial charge in [-0.3, -0.25) is 4.90 Å². The Hall–Kier alpha value is -1.58. The summed E-state index contributed by atoms with van der Waals surface area (Å²) in [4.78, 5) is 2.54. The molecule has 1 saturated heterocycles. The lowest BCUT2D eigenvalue weighted by atomic mass is 10.2. The number of aromatic nitrogens is 1. The summed E-state index contributed by atoms with van der Waals surface area (Å²) in [6.07, 6.45) is 5.54. The van der Waals surface area contributed by atoms with E-state index in [0.717, 1.165) is 19.6 Å². The van der Waals surface area contributed by atoms with Crippen molar-refractivity contribution >= 4 is 0 Å². The summed E-state index contributed by atoms with van der Waals surface area (Å²) in [5.41, 5.74) is 2.78. The average Bonchev–Trinajstić information content (AvgIpc) is 3.07. The van der Waals surface area contributed by atoms with Gasteiger partial charge in [-0.2, -0.15) is 0 Å². The van der Waals surface area contributed by atoms with E-state index in [2.05, 4.69) is 70.6 Å². The first-order chi connectivity index (χ1) is 9.79. The van der Waals surface area contributed by atoms with Crippen LogP contribution in [0.3, 0.4) is 0 Å². The van der Waals surface area contributed by atoms with Crippen LogP contribution >= 0.6 is 0 Å². The molecule has 1 aliphatic heterocycles. The lowest BCUT2D eigenvalue weighted by Gasteiger charge is -2.16. The lowest BCUT2D eigenvalue weighted by molar-refractivity contribution is 0.320. The molecule has 1 unspecified atom stereocenters. The second kappa shape index (κ2) is 6.25. The van der Waals surface area contributed by atoms with Gasteiger partial charge in [-0.15, -0.1) is 0 Å². The molecule has 3 heteroatoms. The van der Waals surface area contributed by atoms with Crippen molar-refractivity contribution in [3.63, 3.8) is 0 Å². The van der Waals surface area contributed by atoms with Crippen LogP contribution in [0.15, 0.2) is 48.8 Å². The van der Waals surface area contributed by atoms with Gasteiger partial charge in [-0.1, -0.05) is 30.3 Å². The van der Waals surface area contributed by atoms with Gasteiger partial charge in [0.15, 0.2) is 0 Å². The fraction of sp³-hybridized carbons (Fsp3) is 0.412. The van der Waals surface area contributed by atoms with Gasteiger partial charge in [0.25, 0.3) is 0 Å². The largest absolute Gasteiger partial charge is 0.357 e.